The minimum Gasteiger partial charge on any atom is -0.352 e. The van der Waals surface area contributed by atoms with Gasteiger partial charge in [0.25, 0.3) is 5.09 Å². The molecule has 14 heavy (non-hydrogen) atoms. The fourth-order valence-electron chi connectivity index (χ4n) is 0.648. The van der Waals surface area contributed by atoms with E-state index in [9.17, 15) is 14.9 Å². The van der Waals surface area contributed by atoms with Crippen molar-refractivity contribution in [3.05, 3.63) is 10.1 Å². The molecule has 0 aliphatic carbocycles. The molecule has 0 aromatic carbocycles. The standard InChI is InChI=1S/C7H15N3O4/c1-5(14-10(12)13)4-9-6(11)7(2,3)8/h5H,4,8H2,1-3H3,(H,9,11). The average Bonchev–Trinajstić information content (AvgIpc) is 1.96. The Bertz CT molecular complexity index is 223. The molecule has 7 heteroatoms. The molecule has 0 aromatic rings. The number of nitrogens with zero attached hydrogens (tertiary/aromatic N) is 1. The number of nitrogens with one attached hydrogen (secondary N) is 1. The summed E-state index contributed by atoms with van der Waals surface area (Å²) in [6.45, 7) is 4.62. The van der Waals surface area contributed by atoms with Gasteiger partial charge < -0.3 is 15.9 Å². The molecule has 0 fully saturated rings. The molecule has 0 bridgehead atoms. The van der Waals surface area contributed by atoms with Gasteiger partial charge in [0.05, 0.1) is 5.54 Å². The Kier molecular flexibility index (Phi) is 4.29. The molecule has 1 amide bonds. The van der Waals surface area contributed by atoms with Crippen molar-refractivity contribution in [1.29, 1.82) is 0 Å². The number of nitrogens with two attached hydrogens (primary N) is 1. The van der Waals surface area contributed by atoms with Crippen molar-refractivity contribution >= 4 is 5.91 Å². The first-order valence-corrected chi connectivity index (χ1v) is 4.12. The lowest BCUT2D eigenvalue weighted by Gasteiger charge is -2.19. The molecule has 0 aliphatic rings. The second kappa shape index (κ2) is 4.75. The summed E-state index contributed by atoms with van der Waals surface area (Å²) in [6.07, 6.45) is -0.684. The van der Waals surface area contributed by atoms with Crippen LogP contribution in [0.5, 0.6) is 0 Å². The molecular formula is C7H15N3O4. The molecule has 0 heterocycles. The third kappa shape index (κ3) is 5.31. The van der Waals surface area contributed by atoms with Gasteiger partial charge in [0.15, 0.2) is 0 Å². The van der Waals surface area contributed by atoms with E-state index in [-0.39, 0.29) is 12.5 Å². The predicted octanol–water partition coefficient (Wildman–Crippen LogP) is -0.563. The van der Waals surface area contributed by atoms with Gasteiger partial charge in [-0.3, -0.25) is 4.79 Å². The lowest BCUT2D eigenvalue weighted by atomic mass is 10.1. The predicted molar refractivity (Wildman–Crippen MR) is 48.8 cm³/mol. The van der Waals surface area contributed by atoms with Gasteiger partial charge in [-0.1, -0.05) is 0 Å². The normalized spacial score (nSPS) is 13.1. The van der Waals surface area contributed by atoms with Gasteiger partial charge in [-0.15, -0.1) is 10.1 Å². The molecule has 0 aromatic heterocycles. The monoisotopic (exact) mass is 205 g/mol. The maximum atomic E-state index is 11.2. The molecule has 0 aliphatic heterocycles. The van der Waals surface area contributed by atoms with E-state index in [1.807, 2.05) is 0 Å². The van der Waals surface area contributed by atoms with Crippen molar-refractivity contribution in [2.45, 2.75) is 32.4 Å². The summed E-state index contributed by atoms with van der Waals surface area (Å²) in [6, 6.07) is 0. The van der Waals surface area contributed by atoms with Crippen molar-refractivity contribution in [2.75, 3.05) is 6.54 Å². The van der Waals surface area contributed by atoms with Crippen molar-refractivity contribution in [2.24, 2.45) is 5.73 Å². The maximum Gasteiger partial charge on any atom is 0.294 e. The lowest BCUT2D eigenvalue weighted by molar-refractivity contribution is -0.767. The van der Waals surface area contributed by atoms with E-state index in [4.69, 9.17) is 5.73 Å². The third-order valence-corrected chi connectivity index (χ3v) is 1.40. The summed E-state index contributed by atoms with van der Waals surface area (Å²) >= 11 is 0. The number of carbonyl (C=O) groups is 1. The van der Waals surface area contributed by atoms with E-state index < -0.39 is 16.7 Å². The third-order valence-electron chi connectivity index (χ3n) is 1.40. The van der Waals surface area contributed by atoms with Gasteiger partial charge in [0, 0.05) is 6.54 Å². The molecule has 0 rings (SSSR count). The summed E-state index contributed by atoms with van der Waals surface area (Å²) in [5, 5.41) is 11.4. The minimum atomic E-state index is -0.992. The van der Waals surface area contributed by atoms with Gasteiger partial charge in [0.2, 0.25) is 5.91 Å². The molecule has 0 spiro atoms. The SMILES string of the molecule is CC(CNC(=O)C(C)(C)N)O[N+](=O)[O-]. The molecule has 0 saturated heterocycles. The van der Waals surface area contributed by atoms with Crippen LogP contribution in [0.15, 0.2) is 0 Å². The van der Waals surface area contributed by atoms with Gasteiger partial charge in [-0.25, -0.2) is 0 Å². The van der Waals surface area contributed by atoms with Crippen molar-refractivity contribution in [1.82, 2.24) is 5.32 Å². The molecule has 3 N–H and O–H groups in total. The van der Waals surface area contributed by atoms with Gasteiger partial charge in [-0.05, 0) is 20.8 Å². The van der Waals surface area contributed by atoms with E-state index in [0.29, 0.717) is 0 Å². The van der Waals surface area contributed by atoms with Crippen molar-refractivity contribution < 1.29 is 14.7 Å². The molecular weight excluding hydrogens is 190 g/mol. The fourth-order valence-corrected chi connectivity index (χ4v) is 0.648. The van der Waals surface area contributed by atoms with Crippen LogP contribution in [0.3, 0.4) is 0 Å². The Labute approximate surface area is 81.7 Å². The Balaban J connectivity index is 3.84. The van der Waals surface area contributed by atoms with Crippen LogP contribution in [0, 0.1) is 10.1 Å². The summed E-state index contributed by atoms with van der Waals surface area (Å²) in [5.74, 6) is -0.378. The van der Waals surface area contributed by atoms with E-state index in [0.717, 1.165) is 0 Å². The molecule has 1 atom stereocenters. The minimum absolute atomic E-state index is 0.0560. The highest BCUT2D eigenvalue weighted by Gasteiger charge is 2.22. The summed E-state index contributed by atoms with van der Waals surface area (Å²) < 4.78 is 0. The number of amides is 1. The molecule has 1 unspecified atom stereocenters. The first-order valence-electron chi connectivity index (χ1n) is 4.12. The highest BCUT2D eigenvalue weighted by atomic mass is 17.0. The number of hydrogen-bond donors (Lipinski definition) is 2. The lowest BCUT2D eigenvalue weighted by Crippen LogP contribution is -2.50. The highest BCUT2D eigenvalue weighted by Crippen LogP contribution is 1.96. The average molecular weight is 205 g/mol. The second-order valence-corrected chi connectivity index (χ2v) is 3.57. The van der Waals surface area contributed by atoms with Crippen LogP contribution in [0.4, 0.5) is 0 Å². The zero-order valence-corrected chi connectivity index (χ0v) is 8.44. The maximum absolute atomic E-state index is 11.2. The zero-order chi connectivity index (χ0) is 11.4. The van der Waals surface area contributed by atoms with Crippen LogP contribution in [-0.2, 0) is 9.63 Å². The largest absolute Gasteiger partial charge is 0.352 e. The van der Waals surface area contributed by atoms with Gasteiger partial charge in [-0.2, -0.15) is 0 Å². The van der Waals surface area contributed by atoms with Gasteiger partial charge >= 0.3 is 0 Å². The molecule has 0 radical (unpaired) electrons. The highest BCUT2D eigenvalue weighted by molar-refractivity contribution is 5.84. The van der Waals surface area contributed by atoms with Crippen LogP contribution >= 0.6 is 0 Å². The van der Waals surface area contributed by atoms with Crippen LogP contribution in [-0.4, -0.2) is 29.2 Å². The van der Waals surface area contributed by atoms with Crippen molar-refractivity contribution in [3.8, 4) is 0 Å². The van der Waals surface area contributed by atoms with E-state index >= 15 is 0 Å². The zero-order valence-electron chi connectivity index (χ0n) is 8.44. The van der Waals surface area contributed by atoms with Crippen molar-refractivity contribution in [3.63, 3.8) is 0 Å². The van der Waals surface area contributed by atoms with E-state index in [2.05, 4.69) is 10.2 Å². The number of hydrogen-bond acceptors (Lipinski definition) is 5. The van der Waals surface area contributed by atoms with Crippen LogP contribution in [0.25, 0.3) is 0 Å². The van der Waals surface area contributed by atoms with Crippen LogP contribution < -0.4 is 11.1 Å². The number of rotatable bonds is 5. The Morgan fingerprint density at radius 3 is 2.57 bits per heavy atom. The second-order valence-electron chi connectivity index (χ2n) is 3.57. The number of carbonyl (C=O) groups excluding carboxylic acids is 1. The molecule has 0 saturated carbocycles. The molecule has 7 nitrogen and oxygen atoms in total. The smallest absolute Gasteiger partial charge is 0.294 e. The van der Waals surface area contributed by atoms with Crippen LogP contribution in [0.1, 0.15) is 20.8 Å². The first-order chi connectivity index (χ1) is 6.23. The fraction of sp³-hybridized carbons (Fsp3) is 0.857. The van der Waals surface area contributed by atoms with Crippen LogP contribution in [0.2, 0.25) is 0 Å². The quantitative estimate of drug-likeness (QED) is 0.462. The van der Waals surface area contributed by atoms with E-state index in [1.165, 1.54) is 6.92 Å². The van der Waals surface area contributed by atoms with Gasteiger partial charge in [0.1, 0.15) is 6.10 Å². The Morgan fingerprint density at radius 2 is 2.21 bits per heavy atom. The Morgan fingerprint density at radius 1 is 1.71 bits per heavy atom. The summed E-state index contributed by atoms with van der Waals surface area (Å²) in [4.78, 5) is 25.3. The van der Waals surface area contributed by atoms with E-state index in [1.54, 1.807) is 13.8 Å². The summed E-state index contributed by atoms with van der Waals surface area (Å²) in [7, 11) is 0. The summed E-state index contributed by atoms with van der Waals surface area (Å²) in [5.41, 5.74) is 4.49. The molecule has 82 valence electrons. The Hall–Kier alpha value is -1.37. The first kappa shape index (κ1) is 12.6. The topological polar surface area (TPSA) is 107 Å².